The van der Waals surface area contributed by atoms with Gasteiger partial charge in [-0.05, 0) is 75.2 Å². The Labute approximate surface area is 280 Å². The highest BCUT2D eigenvalue weighted by molar-refractivity contribution is 6.12. The lowest BCUT2D eigenvalue weighted by atomic mass is 9.90. The third kappa shape index (κ3) is 4.83. The summed E-state index contributed by atoms with van der Waals surface area (Å²) < 4.78 is 7.01. The molecular formula is C46H31NO. The van der Waals surface area contributed by atoms with Crippen LogP contribution >= 0.6 is 0 Å². The average molecular weight is 614 g/mol. The molecule has 0 fully saturated rings. The zero-order chi connectivity index (χ0) is 31.9. The van der Waals surface area contributed by atoms with Crippen molar-refractivity contribution < 1.29 is 4.74 Å². The summed E-state index contributed by atoms with van der Waals surface area (Å²) in [5.41, 5.74) is 12.4. The zero-order valence-electron chi connectivity index (χ0n) is 26.3. The van der Waals surface area contributed by atoms with Crippen LogP contribution in [0.4, 0.5) is 17.1 Å². The Morgan fingerprint density at radius 3 is 1.42 bits per heavy atom. The maximum Gasteiger partial charge on any atom is 0.160 e. The third-order valence-electron chi connectivity index (χ3n) is 9.26. The van der Waals surface area contributed by atoms with Crippen molar-refractivity contribution in [2.24, 2.45) is 0 Å². The van der Waals surface area contributed by atoms with Crippen molar-refractivity contribution in [1.82, 2.24) is 0 Å². The molecule has 9 rings (SSSR count). The van der Waals surface area contributed by atoms with Crippen LogP contribution in [0.2, 0.25) is 0 Å². The molecule has 8 aromatic carbocycles. The Hall–Kier alpha value is -6.38. The molecule has 0 aromatic heterocycles. The summed E-state index contributed by atoms with van der Waals surface area (Å²) in [6, 6.07) is 66.7. The predicted molar refractivity (Wildman–Crippen MR) is 200 cm³/mol. The van der Waals surface area contributed by atoms with E-state index in [1.165, 1.54) is 27.8 Å². The molecule has 0 N–H and O–H groups in total. The van der Waals surface area contributed by atoms with Gasteiger partial charge in [0.2, 0.25) is 0 Å². The highest BCUT2D eigenvalue weighted by Crippen LogP contribution is 2.56. The molecule has 0 radical (unpaired) electrons. The Kier molecular flexibility index (Phi) is 6.84. The largest absolute Gasteiger partial charge is 0.454 e. The van der Waals surface area contributed by atoms with Crippen LogP contribution in [0.25, 0.3) is 55.3 Å². The lowest BCUT2D eigenvalue weighted by molar-refractivity contribution is 0.488. The second-order valence-corrected chi connectivity index (χ2v) is 12.1. The Morgan fingerprint density at radius 1 is 0.354 bits per heavy atom. The maximum atomic E-state index is 7.01. The van der Waals surface area contributed by atoms with E-state index < -0.39 is 0 Å². The number of nitrogens with zero attached hydrogens (tertiary/aromatic N) is 1. The molecule has 48 heavy (non-hydrogen) atoms. The van der Waals surface area contributed by atoms with Gasteiger partial charge in [-0.1, -0.05) is 152 Å². The fourth-order valence-corrected chi connectivity index (χ4v) is 6.95. The number of hydrogen-bond donors (Lipinski definition) is 0. The fourth-order valence-electron chi connectivity index (χ4n) is 6.95. The molecule has 8 aromatic rings. The van der Waals surface area contributed by atoms with E-state index in [0.717, 1.165) is 56.0 Å². The lowest BCUT2D eigenvalue weighted by Gasteiger charge is -2.33. The summed E-state index contributed by atoms with van der Waals surface area (Å²) in [5.74, 6) is 1.72. The molecule has 0 bridgehead atoms. The van der Waals surface area contributed by atoms with Crippen LogP contribution < -0.4 is 9.64 Å². The van der Waals surface area contributed by atoms with Crippen LogP contribution in [0.3, 0.4) is 0 Å². The van der Waals surface area contributed by atoms with Gasteiger partial charge in [-0.2, -0.15) is 0 Å². The highest BCUT2D eigenvalue weighted by atomic mass is 16.5. The Balaban J connectivity index is 1.32. The minimum Gasteiger partial charge on any atom is -0.454 e. The van der Waals surface area contributed by atoms with Crippen LogP contribution in [0.1, 0.15) is 0 Å². The van der Waals surface area contributed by atoms with E-state index in [1.54, 1.807) is 0 Å². The molecule has 0 atom stereocenters. The number of rotatable bonds is 6. The molecule has 2 heteroatoms. The number of ether oxygens (including phenoxy) is 1. The van der Waals surface area contributed by atoms with Gasteiger partial charge in [0.15, 0.2) is 5.75 Å². The summed E-state index contributed by atoms with van der Waals surface area (Å²) in [6.07, 6.45) is 0. The highest BCUT2D eigenvalue weighted by Gasteiger charge is 2.29. The smallest absolute Gasteiger partial charge is 0.160 e. The first-order valence-electron chi connectivity index (χ1n) is 16.4. The molecule has 226 valence electrons. The standard InChI is InChI=1S/C46H31NO/c1-4-13-32(14-5-1)34-23-27-38(28-24-34)47(39-29-25-35(26-30-39)33-15-6-2-7-16-33)45-42(36-17-8-3-9-18-36)31-37-19-12-21-41-40-20-10-11-22-43(40)48-46(45)44(37)41/h1-31H. The van der Waals surface area contributed by atoms with Gasteiger partial charge in [-0.3, -0.25) is 0 Å². The first-order chi connectivity index (χ1) is 23.8. The quantitative estimate of drug-likeness (QED) is 0.185. The minimum atomic E-state index is 0.861. The lowest BCUT2D eigenvalue weighted by Crippen LogP contribution is -2.14. The molecule has 0 aliphatic carbocycles. The maximum absolute atomic E-state index is 7.01. The van der Waals surface area contributed by atoms with E-state index in [0.29, 0.717) is 0 Å². The summed E-state index contributed by atoms with van der Waals surface area (Å²) in [5, 5.41) is 2.27. The molecular weight excluding hydrogens is 583 g/mol. The molecule has 2 nitrogen and oxygen atoms in total. The number of para-hydroxylation sites is 1. The van der Waals surface area contributed by atoms with E-state index in [2.05, 4.69) is 187 Å². The molecule has 1 aliphatic rings. The van der Waals surface area contributed by atoms with Crippen LogP contribution in [-0.4, -0.2) is 0 Å². The molecule has 0 unspecified atom stereocenters. The van der Waals surface area contributed by atoms with Crippen molar-refractivity contribution in [3.05, 3.63) is 188 Å². The van der Waals surface area contributed by atoms with Gasteiger partial charge in [-0.25, -0.2) is 0 Å². The molecule has 0 amide bonds. The van der Waals surface area contributed by atoms with Gasteiger partial charge in [0.1, 0.15) is 5.75 Å². The average Bonchev–Trinajstić information content (AvgIpc) is 3.17. The summed E-state index contributed by atoms with van der Waals surface area (Å²) in [4.78, 5) is 2.37. The second kappa shape index (κ2) is 11.8. The number of hydrogen-bond acceptors (Lipinski definition) is 2. The summed E-state index contributed by atoms with van der Waals surface area (Å²) in [6.45, 7) is 0. The predicted octanol–water partition coefficient (Wildman–Crippen LogP) is 13.1. The van der Waals surface area contributed by atoms with Crippen molar-refractivity contribution in [2.75, 3.05) is 4.90 Å². The van der Waals surface area contributed by atoms with Crippen LogP contribution in [0, 0.1) is 0 Å². The first kappa shape index (κ1) is 27.9. The van der Waals surface area contributed by atoms with Crippen molar-refractivity contribution in [3.8, 4) is 56.0 Å². The van der Waals surface area contributed by atoms with E-state index >= 15 is 0 Å². The Bertz CT molecular complexity index is 2300. The van der Waals surface area contributed by atoms with Gasteiger partial charge in [0.25, 0.3) is 0 Å². The van der Waals surface area contributed by atoms with E-state index in [1.807, 2.05) is 6.07 Å². The SMILES string of the molecule is c1ccc(-c2ccc(N(c3ccc(-c4ccccc4)cc3)c3c(-c4ccccc4)cc4cccc5c4c3Oc3ccccc3-5)cc2)cc1. The van der Waals surface area contributed by atoms with Gasteiger partial charge in [0.05, 0.1) is 5.69 Å². The van der Waals surface area contributed by atoms with E-state index in [9.17, 15) is 0 Å². The first-order valence-corrected chi connectivity index (χ1v) is 16.4. The summed E-state index contributed by atoms with van der Waals surface area (Å²) >= 11 is 0. The molecule has 1 aliphatic heterocycles. The number of anilines is 3. The van der Waals surface area contributed by atoms with Crippen molar-refractivity contribution >= 4 is 27.8 Å². The summed E-state index contributed by atoms with van der Waals surface area (Å²) in [7, 11) is 0. The van der Waals surface area contributed by atoms with E-state index in [4.69, 9.17) is 4.74 Å². The normalized spacial score (nSPS) is 11.5. The molecule has 0 spiro atoms. The van der Waals surface area contributed by atoms with Gasteiger partial charge in [-0.15, -0.1) is 0 Å². The van der Waals surface area contributed by atoms with Gasteiger partial charge < -0.3 is 9.64 Å². The molecule has 1 heterocycles. The van der Waals surface area contributed by atoms with Crippen LogP contribution in [0.15, 0.2) is 188 Å². The van der Waals surface area contributed by atoms with Gasteiger partial charge >= 0.3 is 0 Å². The molecule has 0 saturated heterocycles. The van der Waals surface area contributed by atoms with Crippen LogP contribution in [0.5, 0.6) is 11.5 Å². The van der Waals surface area contributed by atoms with Crippen molar-refractivity contribution in [3.63, 3.8) is 0 Å². The van der Waals surface area contributed by atoms with Gasteiger partial charge in [0, 0.05) is 27.9 Å². The fraction of sp³-hybridized carbons (Fsp3) is 0. The molecule has 0 saturated carbocycles. The minimum absolute atomic E-state index is 0.861. The van der Waals surface area contributed by atoms with E-state index in [-0.39, 0.29) is 0 Å². The number of fused-ring (bicyclic) bond motifs is 2. The zero-order valence-corrected chi connectivity index (χ0v) is 26.3. The second-order valence-electron chi connectivity index (χ2n) is 12.1. The van der Waals surface area contributed by atoms with Crippen molar-refractivity contribution in [1.29, 1.82) is 0 Å². The monoisotopic (exact) mass is 613 g/mol. The topological polar surface area (TPSA) is 12.5 Å². The van der Waals surface area contributed by atoms with Crippen molar-refractivity contribution in [2.45, 2.75) is 0 Å². The Morgan fingerprint density at radius 2 is 0.833 bits per heavy atom. The third-order valence-corrected chi connectivity index (χ3v) is 9.26. The van der Waals surface area contributed by atoms with Crippen LogP contribution in [-0.2, 0) is 0 Å². The number of benzene rings is 8.